The van der Waals surface area contributed by atoms with E-state index < -0.39 is 0 Å². The highest BCUT2D eigenvalue weighted by Gasteiger charge is 2.34. The molecule has 0 unspecified atom stereocenters. The Morgan fingerprint density at radius 2 is 1.73 bits per heavy atom. The minimum atomic E-state index is -0.0542. The molecular weight excluding hydrogens is 394 g/mol. The number of halogens is 1. The molecule has 158 valence electrons. The lowest BCUT2D eigenvalue weighted by molar-refractivity contribution is 0.0406. The Labute approximate surface area is 184 Å². The maximum absolute atomic E-state index is 10.2. The number of imidazole rings is 1. The van der Waals surface area contributed by atoms with Crippen LogP contribution in [0.2, 0.25) is 5.02 Å². The molecule has 30 heavy (non-hydrogen) atoms. The highest BCUT2D eigenvalue weighted by Crippen LogP contribution is 2.35. The van der Waals surface area contributed by atoms with Gasteiger partial charge in [-0.3, -0.25) is 4.90 Å². The molecule has 0 atom stereocenters. The Balaban J connectivity index is 1.40. The fourth-order valence-electron chi connectivity index (χ4n) is 4.51. The van der Waals surface area contributed by atoms with Crippen LogP contribution in [0.4, 0.5) is 0 Å². The Bertz CT molecular complexity index is 962. The van der Waals surface area contributed by atoms with Crippen LogP contribution in [-0.2, 0) is 19.5 Å². The van der Waals surface area contributed by atoms with Gasteiger partial charge in [0, 0.05) is 30.9 Å². The van der Waals surface area contributed by atoms with Crippen molar-refractivity contribution in [2.24, 2.45) is 5.41 Å². The Morgan fingerprint density at radius 1 is 1.00 bits per heavy atom. The number of likely N-dealkylation sites (tertiary alicyclic amines) is 1. The summed E-state index contributed by atoms with van der Waals surface area (Å²) in [5.74, 6) is 1.05. The van der Waals surface area contributed by atoms with Gasteiger partial charge < -0.3 is 9.67 Å². The summed E-state index contributed by atoms with van der Waals surface area (Å²) in [5.41, 5.74) is 3.70. The van der Waals surface area contributed by atoms with Crippen molar-refractivity contribution in [2.75, 3.05) is 19.7 Å². The third kappa shape index (κ3) is 4.94. The Morgan fingerprint density at radius 3 is 2.43 bits per heavy atom. The van der Waals surface area contributed by atoms with E-state index in [0.29, 0.717) is 0 Å². The zero-order valence-corrected chi connectivity index (χ0v) is 18.4. The van der Waals surface area contributed by atoms with E-state index in [9.17, 15) is 5.11 Å². The number of nitrogens with zero attached hydrogens (tertiary/aromatic N) is 3. The van der Waals surface area contributed by atoms with Crippen LogP contribution in [0.25, 0.3) is 0 Å². The van der Waals surface area contributed by atoms with E-state index in [1.165, 1.54) is 16.8 Å². The van der Waals surface area contributed by atoms with Crippen molar-refractivity contribution in [3.8, 4) is 0 Å². The lowest BCUT2D eigenvalue weighted by Gasteiger charge is -2.41. The molecule has 0 amide bonds. The molecule has 0 radical (unpaired) electrons. The molecule has 1 N–H and O–H groups in total. The van der Waals surface area contributed by atoms with Crippen LogP contribution in [0.5, 0.6) is 0 Å². The molecule has 1 aliphatic heterocycles. The number of aliphatic hydroxyl groups is 1. The lowest BCUT2D eigenvalue weighted by atomic mass is 9.74. The molecule has 3 aromatic rings. The van der Waals surface area contributed by atoms with Crippen LogP contribution in [0.1, 0.15) is 35.5 Å². The predicted octanol–water partition coefficient (Wildman–Crippen LogP) is 4.71. The summed E-state index contributed by atoms with van der Waals surface area (Å²) in [6.07, 6.45) is 4.87. The molecule has 0 saturated carbocycles. The molecule has 1 aromatic heterocycles. The third-order valence-electron chi connectivity index (χ3n) is 6.43. The molecule has 1 aliphatic rings. The first kappa shape index (κ1) is 21.1. The summed E-state index contributed by atoms with van der Waals surface area (Å²) in [7, 11) is 0. The van der Waals surface area contributed by atoms with Gasteiger partial charge in [0.15, 0.2) is 0 Å². The van der Waals surface area contributed by atoms with Gasteiger partial charge in [0.25, 0.3) is 0 Å². The van der Waals surface area contributed by atoms with E-state index in [-0.39, 0.29) is 12.0 Å². The van der Waals surface area contributed by atoms with Gasteiger partial charge in [-0.25, -0.2) is 4.98 Å². The second-order valence-electron chi connectivity index (χ2n) is 8.61. The molecule has 2 aromatic carbocycles. The summed E-state index contributed by atoms with van der Waals surface area (Å²) in [6, 6.07) is 18.6. The van der Waals surface area contributed by atoms with Crippen molar-refractivity contribution in [2.45, 2.75) is 39.3 Å². The standard InChI is InChI=1S/C25H30ClN3O/c1-20-27-16-24(29(20)17-21-6-3-2-4-7-21)18-28-12-10-25(19-30,11-13-28)15-22-8-5-9-23(26)14-22/h2-9,14,16,30H,10-13,15,17-19H2,1H3. The van der Waals surface area contributed by atoms with Gasteiger partial charge in [-0.05, 0) is 68.0 Å². The smallest absolute Gasteiger partial charge is 0.106 e. The maximum atomic E-state index is 10.2. The van der Waals surface area contributed by atoms with Crippen molar-refractivity contribution < 1.29 is 5.11 Å². The van der Waals surface area contributed by atoms with E-state index in [1.54, 1.807) is 0 Å². The predicted molar refractivity (Wildman–Crippen MR) is 122 cm³/mol. The van der Waals surface area contributed by atoms with E-state index in [1.807, 2.05) is 24.4 Å². The number of piperidine rings is 1. The molecule has 0 spiro atoms. The summed E-state index contributed by atoms with van der Waals surface area (Å²) in [6.45, 7) is 6.01. The number of aromatic nitrogens is 2. The summed E-state index contributed by atoms with van der Waals surface area (Å²) in [4.78, 5) is 7.06. The number of hydrogen-bond acceptors (Lipinski definition) is 3. The van der Waals surface area contributed by atoms with E-state index in [0.717, 1.165) is 56.3 Å². The van der Waals surface area contributed by atoms with Crippen LogP contribution in [0, 0.1) is 12.3 Å². The molecule has 4 nitrogen and oxygen atoms in total. The van der Waals surface area contributed by atoms with Crippen LogP contribution >= 0.6 is 11.6 Å². The first-order valence-corrected chi connectivity index (χ1v) is 11.1. The second-order valence-corrected chi connectivity index (χ2v) is 9.05. The Hall–Kier alpha value is -2.14. The number of rotatable bonds is 7. The molecule has 0 aliphatic carbocycles. The van der Waals surface area contributed by atoms with Gasteiger partial charge >= 0.3 is 0 Å². The maximum Gasteiger partial charge on any atom is 0.106 e. The molecule has 2 heterocycles. The van der Waals surface area contributed by atoms with Gasteiger partial charge in [-0.15, -0.1) is 0 Å². The van der Waals surface area contributed by atoms with Crippen molar-refractivity contribution in [3.05, 3.63) is 88.5 Å². The fraction of sp³-hybridized carbons (Fsp3) is 0.400. The number of aliphatic hydroxyl groups excluding tert-OH is 1. The molecular formula is C25H30ClN3O. The molecule has 0 bridgehead atoms. The monoisotopic (exact) mass is 423 g/mol. The minimum Gasteiger partial charge on any atom is -0.396 e. The summed E-state index contributed by atoms with van der Waals surface area (Å²) < 4.78 is 2.31. The minimum absolute atomic E-state index is 0.0542. The Kier molecular flexibility index (Phi) is 6.57. The van der Waals surface area contributed by atoms with Gasteiger partial charge in [0.2, 0.25) is 0 Å². The first-order valence-electron chi connectivity index (χ1n) is 10.7. The number of benzene rings is 2. The first-order chi connectivity index (χ1) is 14.6. The average molecular weight is 424 g/mol. The number of aryl methyl sites for hydroxylation is 1. The largest absolute Gasteiger partial charge is 0.396 e. The van der Waals surface area contributed by atoms with Gasteiger partial charge in [-0.1, -0.05) is 54.1 Å². The zero-order valence-electron chi connectivity index (χ0n) is 17.6. The molecule has 1 saturated heterocycles. The zero-order chi connectivity index (χ0) is 21.0. The van der Waals surface area contributed by atoms with Crippen LogP contribution in [0.3, 0.4) is 0 Å². The van der Waals surface area contributed by atoms with Gasteiger partial charge in [0.05, 0.1) is 5.69 Å². The van der Waals surface area contributed by atoms with Crippen molar-refractivity contribution in [3.63, 3.8) is 0 Å². The number of hydrogen-bond donors (Lipinski definition) is 1. The van der Waals surface area contributed by atoms with Crippen LogP contribution < -0.4 is 0 Å². The highest BCUT2D eigenvalue weighted by molar-refractivity contribution is 6.30. The fourth-order valence-corrected chi connectivity index (χ4v) is 4.72. The van der Waals surface area contributed by atoms with E-state index in [4.69, 9.17) is 11.6 Å². The molecule has 5 heteroatoms. The normalized spacial score (nSPS) is 16.6. The van der Waals surface area contributed by atoms with Crippen molar-refractivity contribution >= 4 is 11.6 Å². The quantitative estimate of drug-likeness (QED) is 0.598. The topological polar surface area (TPSA) is 41.3 Å². The van der Waals surface area contributed by atoms with Crippen LogP contribution in [0.15, 0.2) is 60.8 Å². The summed E-state index contributed by atoms with van der Waals surface area (Å²) >= 11 is 6.16. The molecule has 1 fully saturated rings. The van der Waals surface area contributed by atoms with Crippen molar-refractivity contribution in [1.29, 1.82) is 0 Å². The van der Waals surface area contributed by atoms with E-state index in [2.05, 4.69) is 57.8 Å². The SMILES string of the molecule is Cc1ncc(CN2CCC(CO)(Cc3cccc(Cl)c3)CC2)n1Cc1ccccc1. The summed E-state index contributed by atoms with van der Waals surface area (Å²) in [5, 5.41) is 11.0. The van der Waals surface area contributed by atoms with E-state index >= 15 is 0 Å². The molecule has 4 rings (SSSR count). The van der Waals surface area contributed by atoms with Crippen LogP contribution in [-0.4, -0.2) is 39.3 Å². The van der Waals surface area contributed by atoms with Crippen molar-refractivity contribution in [1.82, 2.24) is 14.5 Å². The second kappa shape index (κ2) is 9.34. The lowest BCUT2D eigenvalue weighted by Crippen LogP contribution is -2.43. The van der Waals surface area contributed by atoms with Gasteiger partial charge in [-0.2, -0.15) is 0 Å². The highest BCUT2D eigenvalue weighted by atomic mass is 35.5. The third-order valence-corrected chi connectivity index (χ3v) is 6.66. The van der Waals surface area contributed by atoms with Gasteiger partial charge in [0.1, 0.15) is 5.82 Å². The average Bonchev–Trinajstić information content (AvgIpc) is 3.10.